The van der Waals surface area contributed by atoms with Gasteiger partial charge in [0.25, 0.3) is 0 Å². The van der Waals surface area contributed by atoms with Crippen molar-refractivity contribution in [2.45, 2.75) is 27.3 Å². The molecular weight excluding hydrogens is 270 g/mol. The van der Waals surface area contributed by atoms with Gasteiger partial charge in [0.1, 0.15) is 11.5 Å². The molecule has 20 heavy (non-hydrogen) atoms. The van der Waals surface area contributed by atoms with Crippen molar-refractivity contribution in [3.05, 3.63) is 58.1 Å². The third kappa shape index (κ3) is 3.75. The highest BCUT2D eigenvalue weighted by Gasteiger charge is 2.05. The summed E-state index contributed by atoms with van der Waals surface area (Å²) >= 11 is 6.18. The number of benzene rings is 2. The van der Waals surface area contributed by atoms with E-state index in [0.717, 1.165) is 24.4 Å². The molecule has 0 saturated heterocycles. The zero-order valence-electron chi connectivity index (χ0n) is 12.2. The molecule has 3 heteroatoms. The molecule has 0 aliphatic rings. The van der Waals surface area contributed by atoms with E-state index in [1.54, 1.807) is 0 Å². The Morgan fingerprint density at radius 2 is 1.90 bits per heavy atom. The van der Waals surface area contributed by atoms with Gasteiger partial charge in [0, 0.05) is 6.54 Å². The fraction of sp³-hybridized carbons (Fsp3) is 0.294. The number of hydrogen-bond acceptors (Lipinski definition) is 2. The van der Waals surface area contributed by atoms with E-state index in [9.17, 15) is 0 Å². The first kappa shape index (κ1) is 14.9. The second-order valence-electron chi connectivity index (χ2n) is 4.90. The van der Waals surface area contributed by atoms with Gasteiger partial charge in [-0.05, 0) is 61.3 Å². The number of ether oxygens (including phenoxy) is 1. The minimum Gasteiger partial charge on any atom is -0.456 e. The van der Waals surface area contributed by atoms with Crippen LogP contribution in [-0.4, -0.2) is 6.54 Å². The number of nitrogens with one attached hydrogen (secondary N) is 1. The second-order valence-corrected chi connectivity index (χ2v) is 5.31. The Labute approximate surface area is 125 Å². The van der Waals surface area contributed by atoms with Crippen LogP contribution >= 0.6 is 11.6 Å². The molecule has 2 aromatic carbocycles. The summed E-state index contributed by atoms with van der Waals surface area (Å²) in [7, 11) is 0. The van der Waals surface area contributed by atoms with E-state index in [1.165, 1.54) is 11.1 Å². The largest absolute Gasteiger partial charge is 0.456 e. The molecule has 0 amide bonds. The van der Waals surface area contributed by atoms with E-state index >= 15 is 0 Å². The van der Waals surface area contributed by atoms with Crippen LogP contribution in [0.15, 0.2) is 36.4 Å². The first-order valence-electron chi connectivity index (χ1n) is 6.84. The molecule has 0 aliphatic carbocycles. The van der Waals surface area contributed by atoms with Crippen LogP contribution in [0.5, 0.6) is 11.5 Å². The lowest BCUT2D eigenvalue weighted by Crippen LogP contribution is -2.12. The van der Waals surface area contributed by atoms with E-state index in [2.05, 4.69) is 25.2 Å². The molecular formula is C17H20ClNO. The molecule has 0 heterocycles. The van der Waals surface area contributed by atoms with Crippen molar-refractivity contribution in [1.29, 1.82) is 0 Å². The molecule has 2 aromatic rings. The van der Waals surface area contributed by atoms with Crippen molar-refractivity contribution >= 4 is 11.6 Å². The average molecular weight is 290 g/mol. The smallest absolute Gasteiger partial charge is 0.146 e. The van der Waals surface area contributed by atoms with Crippen LogP contribution < -0.4 is 10.1 Å². The highest BCUT2D eigenvalue weighted by atomic mass is 35.5. The Morgan fingerprint density at radius 3 is 2.55 bits per heavy atom. The maximum Gasteiger partial charge on any atom is 0.146 e. The minimum atomic E-state index is 0.638. The van der Waals surface area contributed by atoms with Crippen molar-refractivity contribution in [2.24, 2.45) is 0 Å². The van der Waals surface area contributed by atoms with E-state index in [0.29, 0.717) is 10.8 Å². The molecule has 0 saturated carbocycles. The summed E-state index contributed by atoms with van der Waals surface area (Å²) in [5, 5.41) is 3.97. The molecule has 0 aromatic heterocycles. The van der Waals surface area contributed by atoms with Crippen LogP contribution in [0.4, 0.5) is 0 Å². The summed E-state index contributed by atoms with van der Waals surface area (Å²) in [6, 6.07) is 11.9. The lowest BCUT2D eigenvalue weighted by atomic mass is 10.1. The van der Waals surface area contributed by atoms with Crippen molar-refractivity contribution in [1.82, 2.24) is 5.32 Å². The molecule has 0 aliphatic heterocycles. The Morgan fingerprint density at radius 1 is 1.10 bits per heavy atom. The maximum atomic E-state index is 6.18. The fourth-order valence-electron chi connectivity index (χ4n) is 2.01. The number of halogens is 1. The molecule has 0 radical (unpaired) electrons. The van der Waals surface area contributed by atoms with Crippen molar-refractivity contribution in [2.75, 3.05) is 6.54 Å². The zero-order chi connectivity index (χ0) is 14.5. The topological polar surface area (TPSA) is 21.3 Å². The summed E-state index contributed by atoms with van der Waals surface area (Å²) in [4.78, 5) is 0. The van der Waals surface area contributed by atoms with Crippen molar-refractivity contribution < 1.29 is 4.74 Å². The first-order valence-corrected chi connectivity index (χ1v) is 7.22. The average Bonchev–Trinajstić information content (AvgIpc) is 2.41. The van der Waals surface area contributed by atoms with Crippen LogP contribution in [-0.2, 0) is 6.54 Å². The lowest BCUT2D eigenvalue weighted by molar-refractivity contribution is 0.482. The summed E-state index contributed by atoms with van der Waals surface area (Å²) in [6.07, 6.45) is 0. The van der Waals surface area contributed by atoms with Gasteiger partial charge in [-0.25, -0.2) is 0 Å². The number of hydrogen-bond donors (Lipinski definition) is 1. The van der Waals surface area contributed by atoms with Crippen LogP contribution in [0, 0.1) is 13.8 Å². The molecule has 106 valence electrons. The SMILES string of the molecule is CCNCc1ccc(Oc2ccc(C)cc2Cl)cc1C. The van der Waals surface area contributed by atoms with Gasteiger partial charge in [-0.2, -0.15) is 0 Å². The summed E-state index contributed by atoms with van der Waals surface area (Å²) < 4.78 is 5.85. The number of aryl methyl sites for hydroxylation is 2. The predicted octanol–water partition coefficient (Wildman–Crippen LogP) is 4.86. The Balaban J connectivity index is 2.15. The summed E-state index contributed by atoms with van der Waals surface area (Å²) in [6.45, 7) is 8.06. The van der Waals surface area contributed by atoms with E-state index in [-0.39, 0.29) is 0 Å². The van der Waals surface area contributed by atoms with Gasteiger partial charge in [0.15, 0.2) is 0 Å². The predicted molar refractivity (Wildman–Crippen MR) is 84.8 cm³/mol. The van der Waals surface area contributed by atoms with Crippen LogP contribution in [0.2, 0.25) is 5.02 Å². The van der Waals surface area contributed by atoms with Crippen LogP contribution in [0.3, 0.4) is 0 Å². The zero-order valence-corrected chi connectivity index (χ0v) is 12.9. The van der Waals surface area contributed by atoms with Crippen LogP contribution in [0.1, 0.15) is 23.6 Å². The quantitative estimate of drug-likeness (QED) is 0.849. The molecule has 1 N–H and O–H groups in total. The van der Waals surface area contributed by atoms with E-state index in [1.807, 2.05) is 37.3 Å². The lowest BCUT2D eigenvalue weighted by Gasteiger charge is -2.11. The second kappa shape index (κ2) is 6.78. The van der Waals surface area contributed by atoms with E-state index < -0.39 is 0 Å². The van der Waals surface area contributed by atoms with Crippen molar-refractivity contribution in [3.8, 4) is 11.5 Å². The Bertz CT molecular complexity index is 596. The molecule has 0 bridgehead atoms. The van der Waals surface area contributed by atoms with Crippen LogP contribution in [0.25, 0.3) is 0 Å². The Kier molecular flexibility index (Phi) is 5.05. The standard InChI is InChI=1S/C17H20ClNO/c1-4-19-11-14-6-7-15(10-13(14)3)20-17-8-5-12(2)9-16(17)18/h5-10,19H,4,11H2,1-3H3. The fourth-order valence-corrected chi connectivity index (χ4v) is 2.28. The molecule has 2 rings (SSSR count). The molecule has 0 fully saturated rings. The Hall–Kier alpha value is -1.51. The van der Waals surface area contributed by atoms with Crippen molar-refractivity contribution in [3.63, 3.8) is 0 Å². The third-order valence-electron chi connectivity index (χ3n) is 3.19. The van der Waals surface area contributed by atoms with Gasteiger partial charge in [0.05, 0.1) is 5.02 Å². The number of rotatable bonds is 5. The van der Waals surface area contributed by atoms with Gasteiger partial charge in [-0.3, -0.25) is 0 Å². The van der Waals surface area contributed by atoms with Gasteiger partial charge < -0.3 is 10.1 Å². The van der Waals surface area contributed by atoms with Gasteiger partial charge >= 0.3 is 0 Å². The van der Waals surface area contributed by atoms with Gasteiger partial charge in [-0.1, -0.05) is 30.7 Å². The summed E-state index contributed by atoms with van der Waals surface area (Å²) in [5.41, 5.74) is 3.63. The third-order valence-corrected chi connectivity index (χ3v) is 3.49. The molecule has 2 nitrogen and oxygen atoms in total. The molecule has 0 spiro atoms. The van der Waals surface area contributed by atoms with Gasteiger partial charge in [-0.15, -0.1) is 0 Å². The highest BCUT2D eigenvalue weighted by Crippen LogP contribution is 2.30. The summed E-state index contributed by atoms with van der Waals surface area (Å²) in [5.74, 6) is 1.50. The minimum absolute atomic E-state index is 0.638. The monoisotopic (exact) mass is 289 g/mol. The first-order chi connectivity index (χ1) is 9.60. The maximum absolute atomic E-state index is 6.18. The van der Waals surface area contributed by atoms with Gasteiger partial charge in [0.2, 0.25) is 0 Å². The van der Waals surface area contributed by atoms with E-state index in [4.69, 9.17) is 16.3 Å². The normalized spacial score (nSPS) is 10.6. The highest BCUT2D eigenvalue weighted by molar-refractivity contribution is 6.32. The molecule has 0 atom stereocenters. The molecule has 0 unspecified atom stereocenters.